The first-order chi connectivity index (χ1) is 6.77. The van der Waals surface area contributed by atoms with Crippen molar-refractivity contribution in [3.05, 3.63) is 0 Å². The number of nitrogens with one attached hydrogen (secondary N) is 1. The van der Waals surface area contributed by atoms with Gasteiger partial charge in [-0.3, -0.25) is 0 Å². The van der Waals surface area contributed by atoms with Crippen molar-refractivity contribution in [2.75, 3.05) is 6.61 Å². The molecule has 84 valence electrons. The van der Waals surface area contributed by atoms with Gasteiger partial charge < -0.3 is 10.4 Å². The lowest BCUT2D eigenvalue weighted by molar-refractivity contribution is 0.245. The summed E-state index contributed by atoms with van der Waals surface area (Å²) in [6.07, 6.45) is 7.62. The van der Waals surface area contributed by atoms with Crippen LogP contribution < -0.4 is 5.32 Å². The molecule has 0 aliphatic heterocycles. The van der Waals surface area contributed by atoms with E-state index in [4.69, 9.17) is 5.11 Å². The number of aliphatic hydroxyl groups excluding tert-OH is 1. The molecule has 0 amide bonds. The highest BCUT2D eigenvalue weighted by Crippen LogP contribution is 2.27. The molecule has 2 unspecified atom stereocenters. The fourth-order valence-corrected chi connectivity index (χ4v) is 2.53. The maximum atomic E-state index is 8.91. The smallest absolute Gasteiger partial charge is 0.0445 e. The van der Waals surface area contributed by atoms with Gasteiger partial charge in [0.1, 0.15) is 0 Å². The molecule has 2 N–H and O–H groups in total. The van der Waals surface area contributed by atoms with E-state index in [1.807, 2.05) is 0 Å². The standard InChI is InChI=1S/C12H25NO/c1-3-12(8-9-14)13-10(2)11-6-4-5-7-11/h10-14H,3-9H2,1-2H3. The number of rotatable bonds is 6. The number of hydrogen-bond donors (Lipinski definition) is 2. The summed E-state index contributed by atoms with van der Waals surface area (Å²) < 4.78 is 0. The lowest BCUT2D eigenvalue weighted by Crippen LogP contribution is -2.40. The Morgan fingerprint density at radius 3 is 2.50 bits per heavy atom. The topological polar surface area (TPSA) is 32.3 Å². The van der Waals surface area contributed by atoms with Crippen LogP contribution in [0.15, 0.2) is 0 Å². The average Bonchev–Trinajstić information content (AvgIpc) is 2.69. The molecule has 0 aromatic carbocycles. The van der Waals surface area contributed by atoms with Crippen LogP contribution in [0.25, 0.3) is 0 Å². The van der Waals surface area contributed by atoms with E-state index < -0.39 is 0 Å². The SMILES string of the molecule is CCC(CCO)NC(C)C1CCCC1. The summed E-state index contributed by atoms with van der Waals surface area (Å²) in [6.45, 7) is 4.80. The van der Waals surface area contributed by atoms with Crippen molar-refractivity contribution in [3.63, 3.8) is 0 Å². The second-order valence-corrected chi connectivity index (χ2v) is 4.62. The molecule has 1 fully saturated rings. The van der Waals surface area contributed by atoms with Crippen LogP contribution in [0.5, 0.6) is 0 Å². The summed E-state index contributed by atoms with van der Waals surface area (Å²) in [6, 6.07) is 1.14. The Morgan fingerprint density at radius 2 is 2.00 bits per heavy atom. The number of aliphatic hydroxyl groups is 1. The first-order valence-electron chi connectivity index (χ1n) is 6.14. The third-order valence-electron chi connectivity index (χ3n) is 3.58. The molecule has 0 saturated heterocycles. The maximum absolute atomic E-state index is 8.91. The van der Waals surface area contributed by atoms with E-state index in [-0.39, 0.29) is 0 Å². The van der Waals surface area contributed by atoms with Gasteiger partial charge in [0, 0.05) is 18.7 Å². The van der Waals surface area contributed by atoms with Gasteiger partial charge in [0.05, 0.1) is 0 Å². The highest BCUT2D eigenvalue weighted by molar-refractivity contribution is 4.80. The minimum absolute atomic E-state index is 0.308. The van der Waals surface area contributed by atoms with E-state index in [9.17, 15) is 0 Å². The van der Waals surface area contributed by atoms with Crippen molar-refractivity contribution in [3.8, 4) is 0 Å². The molecule has 1 aliphatic rings. The molecular formula is C12H25NO. The van der Waals surface area contributed by atoms with Crippen molar-refractivity contribution < 1.29 is 5.11 Å². The molecule has 2 nitrogen and oxygen atoms in total. The van der Waals surface area contributed by atoms with E-state index in [0.29, 0.717) is 18.7 Å². The molecule has 0 spiro atoms. The molecule has 0 aromatic rings. The van der Waals surface area contributed by atoms with Crippen LogP contribution in [0.1, 0.15) is 52.4 Å². The molecular weight excluding hydrogens is 174 g/mol. The Balaban J connectivity index is 2.25. The van der Waals surface area contributed by atoms with Crippen LogP contribution in [-0.4, -0.2) is 23.8 Å². The minimum atomic E-state index is 0.308. The highest BCUT2D eigenvalue weighted by Gasteiger charge is 2.22. The van der Waals surface area contributed by atoms with Gasteiger partial charge in [-0.25, -0.2) is 0 Å². The van der Waals surface area contributed by atoms with Crippen LogP contribution in [0.3, 0.4) is 0 Å². The molecule has 0 heterocycles. The lowest BCUT2D eigenvalue weighted by atomic mass is 9.98. The van der Waals surface area contributed by atoms with Crippen LogP contribution in [-0.2, 0) is 0 Å². The molecule has 2 atom stereocenters. The highest BCUT2D eigenvalue weighted by atomic mass is 16.3. The van der Waals surface area contributed by atoms with Gasteiger partial charge >= 0.3 is 0 Å². The van der Waals surface area contributed by atoms with Gasteiger partial charge in [-0.1, -0.05) is 19.8 Å². The van der Waals surface area contributed by atoms with Crippen molar-refractivity contribution in [2.24, 2.45) is 5.92 Å². The van der Waals surface area contributed by atoms with Gasteiger partial charge in [0.2, 0.25) is 0 Å². The first kappa shape index (κ1) is 12.0. The molecule has 1 aliphatic carbocycles. The summed E-state index contributed by atoms with van der Waals surface area (Å²) in [5, 5.41) is 12.6. The largest absolute Gasteiger partial charge is 0.396 e. The molecule has 14 heavy (non-hydrogen) atoms. The van der Waals surface area contributed by atoms with Crippen molar-refractivity contribution >= 4 is 0 Å². The van der Waals surface area contributed by atoms with Gasteiger partial charge in [0.25, 0.3) is 0 Å². The van der Waals surface area contributed by atoms with E-state index in [1.165, 1.54) is 25.7 Å². The first-order valence-corrected chi connectivity index (χ1v) is 6.14. The van der Waals surface area contributed by atoms with Crippen LogP contribution in [0.4, 0.5) is 0 Å². The van der Waals surface area contributed by atoms with Crippen LogP contribution in [0, 0.1) is 5.92 Å². The summed E-state index contributed by atoms with van der Waals surface area (Å²) in [7, 11) is 0. The molecule has 0 radical (unpaired) electrons. The Hall–Kier alpha value is -0.0800. The Kier molecular flexibility index (Phi) is 5.49. The van der Waals surface area contributed by atoms with Crippen LogP contribution in [0.2, 0.25) is 0 Å². The lowest BCUT2D eigenvalue weighted by Gasteiger charge is -2.26. The Bertz CT molecular complexity index is 143. The predicted octanol–water partition coefficient (Wildman–Crippen LogP) is 2.32. The third kappa shape index (κ3) is 3.58. The van der Waals surface area contributed by atoms with Crippen molar-refractivity contribution in [1.82, 2.24) is 5.32 Å². The zero-order valence-corrected chi connectivity index (χ0v) is 9.63. The fourth-order valence-electron chi connectivity index (χ4n) is 2.53. The van der Waals surface area contributed by atoms with E-state index >= 15 is 0 Å². The van der Waals surface area contributed by atoms with E-state index in [0.717, 1.165) is 18.8 Å². The molecule has 0 aromatic heterocycles. The predicted molar refractivity (Wildman–Crippen MR) is 60.3 cm³/mol. The third-order valence-corrected chi connectivity index (χ3v) is 3.58. The van der Waals surface area contributed by atoms with E-state index in [1.54, 1.807) is 0 Å². The molecule has 0 bridgehead atoms. The zero-order valence-electron chi connectivity index (χ0n) is 9.63. The number of hydrogen-bond acceptors (Lipinski definition) is 2. The zero-order chi connectivity index (χ0) is 10.4. The van der Waals surface area contributed by atoms with Crippen molar-refractivity contribution in [2.45, 2.75) is 64.5 Å². The van der Waals surface area contributed by atoms with Gasteiger partial charge in [-0.05, 0) is 38.5 Å². The molecule has 1 rings (SSSR count). The van der Waals surface area contributed by atoms with E-state index in [2.05, 4.69) is 19.2 Å². The maximum Gasteiger partial charge on any atom is 0.0445 e. The normalized spacial score (nSPS) is 22.5. The second kappa shape index (κ2) is 6.41. The summed E-state index contributed by atoms with van der Waals surface area (Å²) in [5.74, 6) is 0.878. The van der Waals surface area contributed by atoms with Crippen LogP contribution >= 0.6 is 0 Å². The second-order valence-electron chi connectivity index (χ2n) is 4.62. The monoisotopic (exact) mass is 199 g/mol. The minimum Gasteiger partial charge on any atom is -0.396 e. The fraction of sp³-hybridized carbons (Fsp3) is 1.00. The quantitative estimate of drug-likeness (QED) is 0.688. The van der Waals surface area contributed by atoms with Crippen molar-refractivity contribution in [1.29, 1.82) is 0 Å². The molecule has 1 saturated carbocycles. The van der Waals surface area contributed by atoms with Gasteiger partial charge in [-0.15, -0.1) is 0 Å². The Labute approximate surface area is 88.1 Å². The van der Waals surface area contributed by atoms with Gasteiger partial charge in [0.15, 0.2) is 0 Å². The average molecular weight is 199 g/mol. The summed E-state index contributed by atoms with van der Waals surface area (Å²) >= 11 is 0. The summed E-state index contributed by atoms with van der Waals surface area (Å²) in [5.41, 5.74) is 0. The van der Waals surface area contributed by atoms with Gasteiger partial charge in [-0.2, -0.15) is 0 Å². The molecule has 2 heteroatoms. The summed E-state index contributed by atoms with van der Waals surface area (Å²) in [4.78, 5) is 0. The Morgan fingerprint density at radius 1 is 1.36 bits per heavy atom.